The van der Waals surface area contributed by atoms with Gasteiger partial charge in [0.05, 0.1) is 5.45 Å². The van der Waals surface area contributed by atoms with Crippen molar-refractivity contribution in [1.29, 1.82) is 0 Å². The first-order valence-corrected chi connectivity index (χ1v) is 11.0. The van der Waals surface area contributed by atoms with Crippen LogP contribution in [0.5, 0.6) is 0 Å². The number of nitrogens with zero attached hydrogens (tertiary/aromatic N) is 1. The van der Waals surface area contributed by atoms with Gasteiger partial charge in [0.2, 0.25) is 0 Å². The number of carboxylic acid groups (broad SMARTS) is 1. The van der Waals surface area contributed by atoms with E-state index in [2.05, 4.69) is 24.3 Å². The molecule has 30 heavy (non-hydrogen) atoms. The van der Waals surface area contributed by atoms with Crippen molar-refractivity contribution in [2.75, 3.05) is 0 Å². The molecule has 0 fully saturated rings. The Labute approximate surface area is 190 Å². The number of rotatable bonds is 6. The number of aliphatic carboxylic acids is 1. The van der Waals surface area contributed by atoms with E-state index in [1.807, 2.05) is 87.5 Å². The molecule has 1 atom stereocenters. The second kappa shape index (κ2) is 10.7. The van der Waals surface area contributed by atoms with Crippen molar-refractivity contribution in [2.24, 2.45) is 10.4 Å². The summed E-state index contributed by atoms with van der Waals surface area (Å²) in [4.78, 5) is 17.0. The summed E-state index contributed by atoms with van der Waals surface area (Å²) in [6, 6.07) is 29.6. The summed E-state index contributed by atoms with van der Waals surface area (Å²) in [5.41, 5.74) is 1.29. The molecule has 1 radical (unpaired) electrons. The summed E-state index contributed by atoms with van der Waals surface area (Å²) >= 11 is 0. The first-order valence-electron chi connectivity index (χ1n) is 9.64. The van der Waals surface area contributed by atoms with Crippen LogP contribution in [0.3, 0.4) is 0 Å². The average Bonchev–Trinajstić information content (AvgIpc) is 2.72. The van der Waals surface area contributed by atoms with Crippen LogP contribution < -0.4 is 10.6 Å². The molecule has 0 bridgehead atoms. The Balaban J connectivity index is 0.00000320. The standard InChI is InChI=1S/C25H26NO2P.Cu/c1-25(2,3)22(24(27)28)26-23(19-13-7-4-8-14-19)29(20-15-9-5-10-16-20)21-17-11-6-12-18-21;/h4-18,22H,1-3H3,(H,27,28);. The van der Waals surface area contributed by atoms with Gasteiger partial charge in [-0.15, -0.1) is 0 Å². The molecule has 5 heteroatoms. The van der Waals surface area contributed by atoms with E-state index in [0.717, 1.165) is 21.6 Å². The zero-order valence-electron chi connectivity index (χ0n) is 17.3. The molecule has 0 aliphatic carbocycles. The zero-order chi connectivity index (χ0) is 20.9. The molecular weight excluding hydrogens is 441 g/mol. The average molecular weight is 467 g/mol. The molecule has 0 amide bonds. The molecule has 159 valence electrons. The largest absolute Gasteiger partial charge is 0.480 e. The minimum atomic E-state index is -1.01. The van der Waals surface area contributed by atoms with Crippen LogP contribution in [-0.2, 0) is 21.9 Å². The van der Waals surface area contributed by atoms with Gasteiger partial charge in [0.1, 0.15) is 0 Å². The minimum Gasteiger partial charge on any atom is -0.480 e. The van der Waals surface area contributed by atoms with Gasteiger partial charge in [0, 0.05) is 30.6 Å². The van der Waals surface area contributed by atoms with E-state index in [0.29, 0.717) is 0 Å². The van der Waals surface area contributed by atoms with Crippen LogP contribution in [0.15, 0.2) is 96.0 Å². The summed E-state index contributed by atoms with van der Waals surface area (Å²) in [6.07, 6.45) is 0. The van der Waals surface area contributed by atoms with Gasteiger partial charge in [-0.25, -0.2) is 4.79 Å². The summed E-state index contributed by atoms with van der Waals surface area (Å²) in [7, 11) is -1.01. The second-order valence-corrected chi connectivity index (χ2v) is 10.1. The van der Waals surface area contributed by atoms with Crippen LogP contribution in [0, 0.1) is 5.41 Å². The maximum absolute atomic E-state index is 12.1. The number of hydrogen-bond donors (Lipinski definition) is 1. The Morgan fingerprint density at radius 1 is 0.800 bits per heavy atom. The summed E-state index contributed by atoms with van der Waals surface area (Å²) in [6.45, 7) is 5.77. The first-order chi connectivity index (χ1) is 13.9. The fraction of sp³-hybridized carbons (Fsp3) is 0.200. The van der Waals surface area contributed by atoms with Crippen molar-refractivity contribution in [3.63, 3.8) is 0 Å². The molecular formula is C25H26CuNO2P. The predicted molar refractivity (Wildman–Crippen MR) is 123 cm³/mol. The predicted octanol–water partition coefficient (Wildman–Crippen LogP) is 5.06. The van der Waals surface area contributed by atoms with Crippen LogP contribution >= 0.6 is 7.92 Å². The Kier molecular flexibility index (Phi) is 8.55. The quantitative estimate of drug-likeness (QED) is 0.313. The molecule has 3 nitrogen and oxygen atoms in total. The van der Waals surface area contributed by atoms with Crippen molar-refractivity contribution in [2.45, 2.75) is 26.8 Å². The third-order valence-electron chi connectivity index (χ3n) is 4.58. The number of hydrogen-bond acceptors (Lipinski definition) is 2. The Bertz CT molecular complexity index is 931. The van der Waals surface area contributed by atoms with Gasteiger partial charge in [0.15, 0.2) is 6.04 Å². The van der Waals surface area contributed by atoms with E-state index in [9.17, 15) is 9.90 Å². The SMILES string of the molecule is CC(C)(C)C(N=C(c1ccccc1)P(c1ccccc1)c1ccccc1)C(=O)O.[Cu]. The fourth-order valence-corrected chi connectivity index (χ4v) is 5.50. The molecule has 0 aromatic heterocycles. The van der Waals surface area contributed by atoms with Crippen LogP contribution in [0.1, 0.15) is 26.3 Å². The molecule has 0 heterocycles. The molecule has 0 saturated carbocycles. The van der Waals surface area contributed by atoms with Crippen molar-refractivity contribution in [1.82, 2.24) is 0 Å². The summed E-state index contributed by atoms with van der Waals surface area (Å²) in [5, 5.41) is 12.2. The number of aliphatic imine (C=N–C) groups is 1. The molecule has 0 saturated heterocycles. The Hall–Kier alpha value is -2.25. The minimum absolute atomic E-state index is 0. The third kappa shape index (κ3) is 5.89. The van der Waals surface area contributed by atoms with Gasteiger partial charge in [-0.1, -0.05) is 112 Å². The van der Waals surface area contributed by atoms with Crippen LogP contribution in [0.4, 0.5) is 0 Å². The van der Waals surface area contributed by atoms with Crippen molar-refractivity contribution < 1.29 is 27.0 Å². The van der Waals surface area contributed by atoms with E-state index in [4.69, 9.17) is 4.99 Å². The van der Waals surface area contributed by atoms with Crippen LogP contribution in [-0.4, -0.2) is 22.6 Å². The van der Waals surface area contributed by atoms with Crippen molar-refractivity contribution in [3.8, 4) is 0 Å². The smallest absolute Gasteiger partial charge is 0.328 e. The third-order valence-corrected chi connectivity index (χ3v) is 7.00. The number of carbonyl (C=O) groups is 1. The second-order valence-electron chi connectivity index (χ2n) is 7.93. The van der Waals surface area contributed by atoms with E-state index < -0.39 is 25.3 Å². The maximum Gasteiger partial charge on any atom is 0.328 e. The molecule has 0 aliphatic heterocycles. The molecule has 3 rings (SSSR count). The Morgan fingerprint density at radius 3 is 1.57 bits per heavy atom. The van der Waals surface area contributed by atoms with E-state index >= 15 is 0 Å². The summed E-state index contributed by atoms with van der Waals surface area (Å²) < 4.78 is 0. The van der Waals surface area contributed by atoms with Gasteiger partial charge < -0.3 is 5.11 Å². The molecule has 1 N–H and O–H groups in total. The molecule has 3 aromatic rings. The van der Waals surface area contributed by atoms with E-state index in [1.54, 1.807) is 0 Å². The zero-order valence-corrected chi connectivity index (χ0v) is 19.1. The monoisotopic (exact) mass is 466 g/mol. The van der Waals surface area contributed by atoms with Crippen LogP contribution in [0.2, 0.25) is 0 Å². The van der Waals surface area contributed by atoms with E-state index in [-0.39, 0.29) is 17.1 Å². The molecule has 0 spiro atoms. The maximum atomic E-state index is 12.1. The Morgan fingerprint density at radius 2 is 1.20 bits per heavy atom. The van der Waals surface area contributed by atoms with Crippen molar-refractivity contribution in [3.05, 3.63) is 96.6 Å². The topological polar surface area (TPSA) is 49.7 Å². The van der Waals surface area contributed by atoms with Gasteiger partial charge in [-0.2, -0.15) is 0 Å². The molecule has 0 aliphatic rings. The fourth-order valence-electron chi connectivity index (χ4n) is 3.14. The molecule has 1 unspecified atom stereocenters. The summed E-state index contributed by atoms with van der Waals surface area (Å²) in [5.74, 6) is -0.901. The van der Waals surface area contributed by atoms with E-state index in [1.165, 1.54) is 0 Å². The van der Waals surface area contributed by atoms with Gasteiger partial charge in [0.25, 0.3) is 0 Å². The van der Waals surface area contributed by atoms with Gasteiger partial charge in [-0.05, 0) is 16.0 Å². The number of carboxylic acids is 1. The normalized spacial score (nSPS) is 12.9. The van der Waals surface area contributed by atoms with Gasteiger partial charge >= 0.3 is 5.97 Å². The first kappa shape index (κ1) is 24.0. The van der Waals surface area contributed by atoms with Crippen molar-refractivity contribution >= 4 is 30.0 Å². The van der Waals surface area contributed by atoms with Gasteiger partial charge in [-0.3, -0.25) is 4.99 Å². The number of benzene rings is 3. The van der Waals surface area contributed by atoms with Crippen LogP contribution in [0.25, 0.3) is 0 Å². The molecule has 3 aromatic carbocycles.